The predicted molar refractivity (Wildman–Crippen MR) is 382 cm³/mol. The minimum absolute atomic E-state index is 0.00683. The van der Waals surface area contributed by atoms with Crippen molar-refractivity contribution in [3.8, 4) is 84.3 Å². The summed E-state index contributed by atoms with van der Waals surface area (Å²) in [5.41, 5.74) is 25.8. The van der Waals surface area contributed by atoms with Gasteiger partial charge in [-0.15, -0.1) is 0 Å². The van der Waals surface area contributed by atoms with E-state index in [1.165, 1.54) is 55.5 Å². The first-order valence-corrected chi connectivity index (χ1v) is 32.8. The molecule has 0 saturated heterocycles. The summed E-state index contributed by atoms with van der Waals surface area (Å²) >= 11 is 0. The second kappa shape index (κ2) is 20.4. The van der Waals surface area contributed by atoms with Crippen molar-refractivity contribution >= 4 is 54.8 Å². The minimum atomic E-state index is -0.219. The van der Waals surface area contributed by atoms with E-state index < -0.39 is 0 Å². The average Bonchev–Trinajstić information content (AvgIpc) is 1.20. The van der Waals surface area contributed by atoms with Gasteiger partial charge in [-0.1, -0.05) is 211 Å². The molecule has 16 rings (SSSR count). The van der Waals surface area contributed by atoms with E-state index in [-0.39, 0.29) is 27.1 Å². The SMILES string of the molecule is CC(C)(C)c1ccc(-c2cc3c4c(c2)n(-c2cccc(Oc5ccc6c7ccccc7n(-c7cc(C(C)(C)C)ccn7)c6c5)c2)[c-][n+]4-c2c(-c4ccc5oc6ccccc6c5c4)cc(C(C)(C)C)cc2-c2cc4c(cc2-c2ccccc2-3)C(C)(C)CCC4(C)C)cc1. The van der Waals surface area contributed by atoms with E-state index in [9.17, 15) is 0 Å². The molecular weight excluding hydrogens is 1120 g/mol. The molecule has 10 aromatic carbocycles. The van der Waals surface area contributed by atoms with E-state index in [0.717, 1.165) is 119 Å². The Bertz CT molecular complexity index is 5370. The molecule has 0 amide bonds. The molecule has 454 valence electrons. The van der Waals surface area contributed by atoms with E-state index in [1.54, 1.807) is 0 Å². The first-order chi connectivity index (χ1) is 43.9. The van der Waals surface area contributed by atoms with Gasteiger partial charge in [0.2, 0.25) is 0 Å². The van der Waals surface area contributed by atoms with Gasteiger partial charge in [0.05, 0.1) is 33.4 Å². The molecule has 4 aromatic heterocycles. The van der Waals surface area contributed by atoms with Crippen molar-refractivity contribution in [1.82, 2.24) is 14.1 Å². The number of fused-ring (bicyclic) bond motifs is 14. The van der Waals surface area contributed by atoms with Crippen molar-refractivity contribution in [2.75, 3.05) is 0 Å². The number of hydrogen-bond donors (Lipinski definition) is 0. The Balaban J connectivity index is 0.986. The van der Waals surface area contributed by atoms with Gasteiger partial charge in [-0.3, -0.25) is 13.7 Å². The standard InChI is InChI=1S/C86H78N4O2/c1-82(2,3)55-32-29-52(30-33-55)54-42-70-62-24-15-14-23-61(62)67-49-72-73(86(12,13)39-38-85(72,10)11)50-68(67)71-45-57(84(7,8)9)44-66(53-31-36-78-69(41-53)65-26-17-19-28-77(65)92-78)80(71)89-51-88(76(43-54)81(70)89)58-21-20-22-59(47-58)91-60-34-35-64-63-25-16-18-27-74(63)90(75(64)48-60)79-46-56(37-40-87-79)83(4,5)6/h14-37,40-50H,38-39H2,1-13H3. The highest BCUT2D eigenvalue weighted by Gasteiger charge is 2.40. The number of ether oxygens (including phenoxy) is 1. The molecular formula is C86H78N4O2. The Morgan fingerprint density at radius 2 is 1.05 bits per heavy atom. The third-order valence-corrected chi connectivity index (χ3v) is 20.3. The number of imidazole rings is 1. The van der Waals surface area contributed by atoms with Crippen LogP contribution >= 0.6 is 0 Å². The summed E-state index contributed by atoms with van der Waals surface area (Å²) in [4.78, 5) is 4.99. The van der Waals surface area contributed by atoms with Crippen LogP contribution in [0.3, 0.4) is 0 Å². The van der Waals surface area contributed by atoms with Crippen LogP contribution in [-0.4, -0.2) is 14.1 Å². The maximum absolute atomic E-state index is 7.11. The molecule has 6 nitrogen and oxygen atoms in total. The first kappa shape index (κ1) is 57.4. The summed E-state index contributed by atoms with van der Waals surface area (Å²) in [6.45, 7) is 30.5. The zero-order valence-electron chi connectivity index (χ0n) is 55.2. The number of furan rings is 1. The second-order valence-corrected chi connectivity index (χ2v) is 30.5. The second-order valence-electron chi connectivity index (χ2n) is 30.5. The lowest BCUT2D eigenvalue weighted by Crippen LogP contribution is -2.34. The van der Waals surface area contributed by atoms with Gasteiger partial charge in [0.15, 0.2) is 0 Å². The molecule has 1 aliphatic carbocycles. The van der Waals surface area contributed by atoms with Gasteiger partial charge < -0.3 is 9.15 Å². The maximum atomic E-state index is 7.11. The van der Waals surface area contributed by atoms with Crippen LogP contribution in [-0.2, 0) is 27.1 Å². The van der Waals surface area contributed by atoms with Crippen molar-refractivity contribution < 1.29 is 13.7 Å². The lowest BCUT2D eigenvalue weighted by Gasteiger charge is -2.42. The van der Waals surface area contributed by atoms with E-state index in [0.29, 0.717) is 5.75 Å². The van der Waals surface area contributed by atoms with Crippen LogP contribution in [0.15, 0.2) is 217 Å². The lowest BCUT2D eigenvalue weighted by molar-refractivity contribution is -0.570. The normalized spacial score (nSPS) is 14.4. The van der Waals surface area contributed by atoms with Gasteiger partial charge in [-0.25, -0.2) is 4.98 Å². The molecule has 0 N–H and O–H groups in total. The van der Waals surface area contributed by atoms with Crippen molar-refractivity contribution in [2.24, 2.45) is 0 Å². The molecule has 0 saturated carbocycles. The molecule has 0 bridgehead atoms. The number of aromatic nitrogens is 4. The van der Waals surface area contributed by atoms with Crippen LogP contribution in [0.4, 0.5) is 0 Å². The third-order valence-electron chi connectivity index (χ3n) is 20.3. The van der Waals surface area contributed by atoms with Crippen LogP contribution < -0.4 is 9.30 Å². The molecule has 0 unspecified atom stereocenters. The molecule has 5 heterocycles. The van der Waals surface area contributed by atoms with Gasteiger partial charge in [-0.05, 0) is 202 Å². The van der Waals surface area contributed by atoms with E-state index in [4.69, 9.17) is 14.1 Å². The average molecular weight is 1200 g/mol. The van der Waals surface area contributed by atoms with Crippen LogP contribution in [0.25, 0.3) is 128 Å². The summed E-state index contributed by atoms with van der Waals surface area (Å²) < 4.78 is 20.7. The molecule has 0 atom stereocenters. The Morgan fingerprint density at radius 3 is 1.78 bits per heavy atom. The summed E-state index contributed by atoms with van der Waals surface area (Å²) in [6.07, 6.45) is 8.36. The zero-order valence-corrected chi connectivity index (χ0v) is 55.2. The highest BCUT2D eigenvalue weighted by Crippen LogP contribution is 2.54. The van der Waals surface area contributed by atoms with Gasteiger partial charge in [-0.2, -0.15) is 0 Å². The molecule has 0 radical (unpaired) electrons. The van der Waals surface area contributed by atoms with E-state index in [2.05, 4.69) is 316 Å². The Hall–Kier alpha value is -9.78. The van der Waals surface area contributed by atoms with Gasteiger partial charge >= 0.3 is 0 Å². The molecule has 6 heteroatoms. The summed E-state index contributed by atoms with van der Waals surface area (Å²) in [6, 6.07) is 76.7. The maximum Gasteiger partial charge on any atom is 0.269 e. The highest BCUT2D eigenvalue weighted by molar-refractivity contribution is 6.10. The zero-order chi connectivity index (χ0) is 63.5. The molecule has 0 spiro atoms. The highest BCUT2D eigenvalue weighted by atomic mass is 16.5. The summed E-state index contributed by atoms with van der Waals surface area (Å²) in [5.74, 6) is 2.32. The predicted octanol–water partition coefficient (Wildman–Crippen LogP) is 22.8. The summed E-state index contributed by atoms with van der Waals surface area (Å²) in [5, 5.41) is 4.49. The molecule has 14 aromatic rings. The topological polar surface area (TPSA) is 49.0 Å². The van der Waals surface area contributed by atoms with Crippen LogP contribution in [0.5, 0.6) is 11.5 Å². The van der Waals surface area contributed by atoms with Crippen molar-refractivity contribution in [3.63, 3.8) is 0 Å². The van der Waals surface area contributed by atoms with Crippen LogP contribution in [0.2, 0.25) is 0 Å². The lowest BCUT2D eigenvalue weighted by atomic mass is 9.62. The third kappa shape index (κ3) is 9.34. The van der Waals surface area contributed by atoms with Gasteiger partial charge in [0.25, 0.3) is 6.33 Å². The molecule has 2 aliphatic rings. The Labute approximate surface area is 540 Å². The number of benzene rings is 10. The van der Waals surface area contributed by atoms with E-state index in [1.807, 2.05) is 6.20 Å². The van der Waals surface area contributed by atoms with Gasteiger partial charge in [0, 0.05) is 33.8 Å². The number of hydrogen-bond acceptors (Lipinski definition) is 3. The minimum Gasteiger partial charge on any atom is -0.458 e. The number of nitrogens with zero attached hydrogens (tertiary/aromatic N) is 4. The smallest absolute Gasteiger partial charge is 0.269 e. The number of rotatable bonds is 6. The molecule has 1 aliphatic heterocycles. The fourth-order valence-electron chi connectivity index (χ4n) is 14.9. The van der Waals surface area contributed by atoms with E-state index >= 15 is 0 Å². The number of para-hydroxylation sites is 2. The van der Waals surface area contributed by atoms with Crippen molar-refractivity contribution in [1.29, 1.82) is 0 Å². The first-order valence-electron chi connectivity index (χ1n) is 32.8. The quantitative estimate of drug-likeness (QED) is 0.123. The largest absolute Gasteiger partial charge is 0.458 e. The fraction of sp³-hybridized carbons (Fsp3) is 0.233. The van der Waals surface area contributed by atoms with Gasteiger partial charge in [0.1, 0.15) is 28.5 Å². The Morgan fingerprint density at radius 1 is 0.435 bits per heavy atom. The van der Waals surface area contributed by atoms with Crippen molar-refractivity contribution in [2.45, 2.75) is 130 Å². The monoisotopic (exact) mass is 1200 g/mol. The van der Waals surface area contributed by atoms with Crippen LogP contribution in [0, 0.1) is 6.33 Å². The summed E-state index contributed by atoms with van der Waals surface area (Å²) in [7, 11) is 0. The Kier molecular flexibility index (Phi) is 12.7. The fourth-order valence-corrected chi connectivity index (χ4v) is 14.9. The van der Waals surface area contributed by atoms with Crippen LogP contribution in [0.1, 0.15) is 131 Å². The molecule has 92 heavy (non-hydrogen) atoms. The van der Waals surface area contributed by atoms with Crippen molar-refractivity contribution in [3.05, 3.63) is 247 Å². The molecule has 0 fully saturated rings. The number of pyridine rings is 1.